The third-order valence-electron chi connectivity index (χ3n) is 4.09. The highest BCUT2D eigenvalue weighted by atomic mass is 127. The molecule has 1 aromatic heterocycles. The van der Waals surface area contributed by atoms with Crippen LogP contribution >= 0.6 is 24.0 Å². The van der Waals surface area contributed by atoms with E-state index in [9.17, 15) is 0 Å². The van der Waals surface area contributed by atoms with Crippen LogP contribution in [-0.2, 0) is 19.4 Å². The van der Waals surface area contributed by atoms with Crippen molar-refractivity contribution < 1.29 is 4.74 Å². The van der Waals surface area contributed by atoms with Crippen molar-refractivity contribution in [2.24, 2.45) is 10.9 Å². The van der Waals surface area contributed by atoms with Gasteiger partial charge in [-0.05, 0) is 30.0 Å². The third kappa shape index (κ3) is 8.45. The molecule has 2 rings (SSSR count). The van der Waals surface area contributed by atoms with Crippen LogP contribution in [0.4, 0.5) is 0 Å². The van der Waals surface area contributed by atoms with Gasteiger partial charge in [-0.3, -0.25) is 4.99 Å². The lowest BCUT2D eigenvalue weighted by Gasteiger charge is -2.13. The molecular formula is C20H33IN6O. The monoisotopic (exact) mass is 500 g/mol. The van der Waals surface area contributed by atoms with Gasteiger partial charge in [0, 0.05) is 33.1 Å². The molecule has 0 aliphatic rings. The summed E-state index contributed by atoms with van der Waals surface area (Å²) in [4.78, 5) is 4.27. The minimum absolute atomic E-state index is 0. The van der Waals surface area contributed by atoms with E-state index >= 15 is 0 Å². The summed E-state index contributed by atoms with van der Waals surface area (Å²) >= 11 is 0. The number of aryl methyl sites for hydroxylation is 1. The number of hydrogen-bond donors (Lipinski definition) is 2. The molecule has 0 aliphatic carbocycles. The van der Waals surface area contributed by atoms with E-state index in [2.05, 4.69) is 63.3 Å². The summed E-state index contributed by atoms with van der Waals surface area (Å²) < 4.78 is 7.78. The van der Waals surface area contributed by atoms with Crippen LogP contribution in [0.25, 0.3) is 0 Å². The van der Waals surface area contributed by atoms with E-state index in [1.807, 2.05) is 12.1 Å². The number of aromatic nitrogens is 3. The maximum absolute atomic E-state index is 5.72. The highest BCUT2D eigenvalue weighted by molar-refractivity contribution is 14.0. The molecule has 0 fully saturated rings. The second-order valence-electron chi connectivity index (χ2n) is 6.82. The first-order valence-electron chi connectivity index (χ1n) is 9.65. The Morgan fingerprint density at radius 3 is 2.54 bits per heavy atom. The quantitative estimate of drug-likeness (QED) is 0.298. The van der Waals surface area contributed by atoms with Crippen LogP contribution in [0.1, 0.15) is 32.2 Å². The number of nitrogens with zero attached hydrogens (tertiary/aromatic N) is 4. The Hall–Kier alpha value is -1.84. The number of hydrogen-bond acceptors (Lipinski definition) is 4. The molecule has 0 spiro atoms. The Kier molecular flexibility index (Phi) is 11.5. The van der Waals surface area contributed by atoms with Crippen LogP contribution in [-0.4, -0.2) is 47.5 Å². The average Bonchev–Trinajstić information content (AvgIpc) is 3.13. The molecule has 7 nitrogen and oxygen atoms in total. The van der Waals surface area contributed by atoms with Gasteiger partial charge in [0.15, 0.2) is 5.96 Å². The number of ether oxygens (including phenoxy) is 1. The summed E-state index contributed by atoms with van der Waals surface area (Å²) in [7, 11) is 1.78. The van der Waals surface area contributed by atoms with Crippen LogP contribution in [0.5, 0.6) is 5.75 Å². The molecule has 0 aliphatic heterocycles. The zero-order valence-electron chi connectivity index (χ0n) is 17.3. The van der Waals surface area contributed by atoms with Gasteiger partial charge in [0.05, 0.1) is 6.61 Å². The van der Waals surface area contributed by atoms with Crippen LogP contribution in [0.15, 0.2) is 35.6 Å². The van der Waals surface area contributed by atoms with Gasteiger partial charge in [-0.15, -0.1) is 34.2 Å². The number of rotatable bonds is 10. The van der Waals surface area contributed by atoms with Gasteiger partial charge in [-0.25, -0.2) is 0 Å². The zero-order valence-corrected chi connectivity index (χ0v) is 19.6. The van der Waals surface area contributed by atoms with Crippen molar-refractivity contribution >= 4 is 29.9 Å². The molecule has 0 amide bonds. The van der Waals surface area contributed by atoms with Gasteiger partial charge < -0.3 is 19.9 Å². The van der Waals surface area contributed by atoms with Gasteiger partial charge in [-0.2, -0.15) is 0 Å². The second-order valence-corrected chi connectivity index (χ2v) is 6.82. The predicted octanol–water partition coefficient (Wildman–Crippen LogP) is 2.90. The van der Waals surface area contributed by atoms with Crippen molar-refractivity contribution in [1.82, 2.24) is 25.4 Å². The van der Waals surface area contributed by atoms with E-state index in [-0.39, 0.29) is 24.0 Å². The number of halogens is 1. The lowest BCUT2D eigenvalue weighted by atomic mass is 10.1. The summed E-state index contributed by atoms with van der Waals surface area (Å²) in [5, 5.41) is 14.7. The molecule has 1 aromatic carbocycles. The molecule has 2 aromatic rings. The van der Waals surface area contributed by atoms with Crippen molar-refractivity contribution in [2.75, 3.05) is 26.7 Å². The molecule has 8 heteroatoms. The zero-order chi connectivity index (χ0) is 19.5. The SMILES string of the molecule is CCc1nncn1CCNC(=NC)NCCc1ccc(OCC(C)C)cc1.I. The standard InChI is InChI=1S/C20H32N6O.HI/c1-5-19-25-24-15-26(19)13-12-23-20(21-4)22-11-10-17-6-8-18(9-7-17)27-14-16(2)3;/h6-9,15-16H,5,10-14H2,1-4H3,(H2,21,22,23);1H. The summed E-state index contributed by atoms with van der Waals surface area (Å²) in [5.41, 5.74) is 1.27. The molecule has 0 bridgehead atoms. The second kappa shape index (κ2) is 13.4. The average molecular weight is 500 g/mol. The first-order valence-corrected chi connectivity index (χ1v) is 9.65. The first kappa shape index (κ1) is 24.2. The van der Waals surface area contributed by atoms with Crippen molar-refractivity contribution in [3.8, 4) is 5.75 Å². The van der Waals surface area contributed by atoms with E-state index in [1.54, 1.807) is 13.4 Å². The molecule has 0 saturated heterocycles. The minimum Gasteiger partial charge on any atom is -0.493 e. The van der Waals surface area contributed by atoms with Crippen molar-refractivity contribution in [1.29, 1.82) is 0 Å². The fraction of sp³-hybridized carbons (Fsp3) is 0.550. The van der Waals surface area contributed by atoms with Gasteiger partial charge in [-0.1, -0.05) is 32.9 Å². The first-order chi connectivity index (χ1) is 13.1. The number of aliphatic imine (C=N–C) groups is 1. The molecule has 1 heterocycles. The predicted molar refractivity (Wildman–Crippen MR) is 125 cm³/mol. The Morgan fingerprint density at radius 2 is 1.89 bits per heavy atom. The van der Waals surface area contributed by atoms with Crippen LogP contribution in [0.3, 0.4) is 0 Å². The molecule has 0 saturated carbocycles. The summed E-state index contributed by atoms with van der Waals surface area (Å²) in [6.07, 6.45) is 3.58. The molecule has 2 N–H and O–H groups in total. The number of guanidine groups is 1. The fourth-order valence-electron chi connectivity index (χ4n) is 2.60. The van der Waals surface area contributed by atoms with Crippen molar-refractivity contribution in [3.63, 3.8) is 0 Å². The molecule has 0 atom stereocenters. The summed E-state index contributed by atoms with van der Waals surface area (Å²) in [6, 6.07) is 8.31. The normalized spacial score (nSPS) is 11.2. The maximum Gasteiger partial charge on any atom is 0.191 e. The Morgan fingerprint density at radius 1 is 1.18 bits per heavy atom. The smallest absolute Gasteiger partial charge is 0.191 e. The molecule has 0 unspecified atom stereocenters. The van der Waals surface area contributed by atoms with Crippen molar-refractivity contribution in [2.45, 2.75) is 40.2 Å². The molecule has 28 heavy (non-hydrogen) atoms. The minimum atomic E-state index is 0. The van der Waals surface area contributed by atoms with E-state index in [1.165, 1.54) is 5.56 Å². The van der Waals surface area contributed by atoms with Crippen LogP contribution < -0.4 is 15.4 Å². The van der Waals surface area contributed by atoms with E-state index < -0.39 is 0 Å². The third-order valence-corrected chi connectivity index (χ3v) is 4.09. The van der Waals surface area contributed by atoms with Gasteiger partial charge >= 0.3 is 0 Å². The highest BCUT2D eigenvalue weighted by Gasteiger charge is 2.03. The highest BCUT2D eigenvalue weighted by Crippen LogP contribution is 2.13. The molecule has 156 valence electrons. The topological polar surface area (TPSA) is 76.4 Å². The summed E-state index contributed by atoms with van der Waals surface area (Å²) in [5.74, 6) is 3.27. The maximum atomic E-state index is 5.72. The Balaban J connectivity index is 0.00000392. The Labute approximate surface area is 185 Å². The molecule has 0 radical (unpaired) electrons. The van der Waals surface area contributed by atoms with Crippen LogP contribution in [0, 0.1) is 5.92 Å². The fourth-order valence-corrected chi connectivity index (χ4v) is 2.60. The van der Waals surface area contributed by atoms with Gasteiger partial charge in [0.1, 0.15) is 17.9 Å². The van der Waals surface area contributed by atoms with Gasteiger partial charge in [0.25, 0.3) is 0 Å². The number of benzene rings is 1. The lowest BCUT2D eigenvalue weighted by molar-refractivity contribution is 0.271. The van der Waals surface area contributed by atoms with Gasteiger partial charge in [0.2, 0.25) is 0 Å². The largest absolute Gasteiger partial charge is 0.493 e. The molecular weight excluding hydrogens is 467 g/mol. The van der Waals surface area contributed by atoms with E-state index in [4.69, 9.17) is 4.74 Å². The lowest BCUT2D eigenvalue weighted by Crippen LogP contribution is -2.39. The van der Waals surface area contributed by atoms with Crippen molar-refractivity contribution in [3.05, 3.63) is 42.0 Å². The summed E-state index contributed by atoms with van der Waals surface area (Å²) in [6.45, 7) is 9.53. The Bertz CT molecular complexity index is 699. The van der Waals surface area contributed by atoms with E-state index in [0.29, 0.717) is 5.92 Å². The van der Waals surface area contributed by atoms with Crippen LogP contribution in [0.2, 0.25) is 0 Å². The number of nitrogens with one attached hydrogen (secondary N) is 2. The van der Waals surface area contributed by atoms with E-state index in [0.717, 1.165) is 56.6 Å².